The number of nitrogens with zero attached hydrogens (tertiary/aromatic N) is 3. The molecule has 1 fully saturated rings. The molecule has 0 aromatic heterocycles. The lowest BCUT2D eigenvalue weighted by Gasteiger charge is -2.36. The van der Waals surface area contributed by atoms with E-state index in [2.05, 4.69) is 9.80 Å². The molecule has 2 aromatic rings. The minimum Gasteiger partial charge on any atom is -0.369 e. The van der Waals surface area contributed by atoms with E-state index in [1.807, 2.05) is 0 Å². The van der Waals surface area contributed by atoms with Gasteiger partial charge in [-0.2, -0.15) is 13.2 Å². The molecule has 0 saturated carbocycles. The van der Waals surface area contributed by atoms with Crippen LogP contribution < -0.4 is 4.90 Å². The molecule has 3 rings (SSSR count). The van der Waals surface area contributed by atoms with Gasteiger partial charge in [-0.3, -0.25) is 19.8 Å². The molecule has 0 spiro atoms. The summed E-state index contributed by atoms with van der Waals surface area (Å²) in [5.74, 6) is -0.184. The number of carbonyl (C=O) groups is 1. The minimum atomic E-state index is -4.41. The normalized spacial score (nSPS) is 15.3. The van der Waals surface area contributed by atoms with Crippen molar-refractivity contribution in [2.24, 2.45) is 0 Å². The number of hydrogen-bond acceptors (Lipinski definition) is 5. The predicted molar refractivity (Wildman–Crippen MR) is 102 cm³/mol. The van der Waals surface area contributed by atoms with E-state index in [4.69, 9.17) is 0 Å². The summed E-state index contributed by atoms with van der Waals surface area (Å²) in [5, 5.41) is 10.7. The molecule has 154 valence electrons. The van der Waals surface area contributed by atoms with Crippen LogP contribution in [0.1, 0.15) is 22.3 Å². The quantitative estimate of drug-likeness (QED) is 0.411. The number of carbonyl (C=O) groups excluding carboxylic acids is 1. The molecule has 0 amide bonds. The van der Waals surface area contributed by atoms with E-state index < -0.39 is 16.7 Å². The lowest BCUT2D eigenvalue weighted by Crippen LogP contribution is -2.46. The highest BCUT2D eigenvalue weighted by atomic mass is 19.4. The maximum absolute atomic E-state index is 12.6. The number of ketones is 1. The SMILES string of the molecule is O=C(CCN1CCN(c2ccc([N+](=O)[O-])cc2)CC1)c1ccc(C(F)(F)F)cc1. The number of benzene rings is 2. The van der Waals surface area contributed by atoms with Gasteiger partial charge in [0.15, 0.2) is 5.78 Å². The van der Waals surface area contributed by atoms with E-state index >= 15 is 0 Å². The molecule has 0 bridgehead atoms. The Morgan fingerprint density at radius 2 is 1.55 bits per heavy atom. The topological polar surface area (TPSA) is 66.7 Å². The maximum Gasteiger partial charge on any atom is 0.416 e. The fourth-order valence-corrected chi connectivity index (χ4v) is 3.26. The Balaban J connectivity index is 1.47. The molecular weight excluding hydrogens is 387 g/mol. The molecule has 0 N–H and O–H groups in total. The number of alkyl halides is 3. The summed E-state index contributed by atoms with van der Waals surface area (Å²) >= 11 is 0. The van der Waals surface area contributed by atoms with Crippen LogP contribution in [-0.4, -0.2) is 48.3 Å². The van der Waals surface area contributed by atoms with Gasteiger partial charge in [0.2, 0.25) is 0 Å². The standard InChI is InChI=1S/C20H20F3N3O3/c21-20(22,23)16-3-1-15(2-4-16)19(27)9-10-24-11-13-25(14-12-24)17-5-7-18(8-6-17)26(28)29/h1-8H,9-14H2. The fraction of sp³-hybridized carbons (Fsp3) is 0.350. The van der Waals surface area contributed by atoms with E-state index in [1.54, 1.807) is 12.1 Å². The zero-order valence-electron chi connectivity index (χ0n) is 15.6. The average Bonchev–Trinajstić information content (AvgIpc) is 2.72. The molecule has 0 atom stereocenters. The molecule has 1 heterocycles. The van der Waals surface area contributed by atoms with Gasteiger partial charge in [0.05, 0.1) is 10.5 Å². The molecule has 0 radical (unpaired) electrons. The molecule has 29 heavy (non-hydrogen) atoms. The Hall–Kier alpha value is -2.94. The Bertz CT molecular complexity index is 859. The van der Waals surface area contributed by atoms with E-state index in [0.717, 1.165) is 44.0 Å². The number of hydrogen-bond donors (Lipinski definition) is 0. The van der Waals surface area contributed by atoms with Crippen molar-refractivity contribution in [3.63, 3.8) is 0 Å². The second-order valence-corrected chi connectivity index (χ2v) is 6.85. The second-order valence-electron chi connectivity index (χ2n) is 6.85. The van der Waals surface area contributed by atoms with Crippen molar-refractivity contribution in [3.8, 4) is 0 Å². The van der Waals surface area contributed by atoms with E-state index in [0.29, 0.717) is 6.54 Å². The third-order valence-electron chi connectivity index (χ3n) is 4.99. The molecular formula is C20H20F3N3O3. The summed E-state index contributed by atoms with van der Waals surface area (Å²) in [7, 11) is 0. The van der Waals surface area contributed by atoms with Crippen molar-refractivity contribution in [1.82, 2.24) is 4.90 Å². The highest BCUT2D eigenvalue weighted by Crippen LogP contribution is 2.29. The van der Waals surface area contributed by atoms with Crippen LogP contribution in [0.4, 0.5) is 24.5 Å². The predicted octanol–water partition coefficient (Wildman–Crippen LogP) is 4.01. The van der Waals surface area contributed by atoms with Gasteiger partial charge >= 0.3 is 6.18 Å². The van der Waals surface area contributed by atoms with Crippen LogP contribution in [0.3, 0.4) is 0 Å². The van der Waals surface area contributed by atoms with Crippen LogP contribution in [0.2, 0.25) is 0 Å². The van der Waals surface area contributed by atoms with Crippen molar-refractivity contribution in [3.05, 3.63) is 69.8 Å². The van der Waals surface area contributed by atoms with Crippen LogP contribution in [-0.2, 0) is 6.18 Å². The average molecular weight is 407 g/mol. The Kier molecular flexibility index (Phi) is 6.17. The van der Waals surface area contributed by atoms with Crippen molar-refractivity contribution in [1.29, 1.82) is 0 Å². The third kappa shape index (κ3) is 5.32. The van der Waals surface area contributed by atoms with Crippen molar-refractivity contribution < 1.29 is 22.9 Å². The number of piperazine rings is 1. The number of nitro groups is 1. The number of nitro benzene ring substituents is 1. The van der Waals surface area contributed by atoms with Crippen molar-refractivity contribution >= 4 is 17.2 Å². The molecule has 1 saturated heterocycles. The lowest BCUT2D eigenvalue weighted by molar-refractivity contribution is -0.384. The highest BCUT2D eigenvalue weighted by molar-refractivity contribution is 5.96. The number of Topliss-reactive ketones (excluding diaryl/α,β-unsaturated/α-hetero) is 1. The first kappa shape index (κ1) is 20.8. The van der Waals surface area contributed by atoms with Crippen LogP contribution in [0, 0.1) is 10.1 Å². The monoisotopic (exact) mass is 407 g/mol. The van der Waals surface area contributed by atoms with Crippen LogP contribution >= 0.6 is 0 Å². The summed E-state index contributed by atoms with van der Waals surface area (Å²) in [4.78, 5) is 26.8. The molecule has 9 heteroatoms. The first-order valence-electron chi connectivity index (χ1n) is 9.16. The zero-order chi connectivity index (χ0) is 21.0. The molecule has 2 aromatic carbocycles. The Morgan fingerprint density at radius 3 is 2.07 bits per heavy atom. The highest BCUT2D eigenvalue weighted by Gasteiger charge is 2.30. The minimum absolute atomic E-state index is 0.0502. The molecule has 0 aliphatic carbocycles. The van der Waals surface area contributed by atoms with Gasteiger partial charge in [0, 0.05) is 62.5 Å². The van der Waals surface area contributed by atoms with Crippen LogP contribution in [0.15, 0.2) is 48.5 Å². The first-order chi connectivity index (χ1) is 13.7. The van der Waals surface area contributed by atoms with E-state index in [-0.39, 0.29) is 23.5 Å². The number of non-ortho nitro benzene ring substituents is 1. The fourth-order valence-electron chi connectivity index (χ4n) is 3.26. The van der Waals surface area contributed by atoms with Gasteiger partial charge in [-0.15, -0.1) is 0 Å². The third-order valence-corrected chi connectivity index (χ3v) is 4.99. The summed E-state index contributed by atoms with van der Waals surface area (Å²) in [6.07, 6.45) is -4.17. The molecule has 6 nitrogen and oxygen atoms in total. The summed E-state index contributed by atoms with van der Waals surface area (Å²) in [6, 6.07) is 10.7. The van der Waals surface area contributed by atoms with Gasteiger partial charge in [-0.25, -0.2) is 0 Å². The summed E-state index contributed by atoms with van der Waals surface area (Å²) in [6.45, 7) is 3.46. The van der Waals surface area contributed by atoms with E-state index in [1.165, 1.54) is 24.3 Å². The number of anilines is 1. The largest absolute Gasteiger partial charge is 0.416 e. The van der Waals surface area contributed by atoms with Gasteiger partial charge < -0.3 is 4.90 Å². The first-order valence-corrected chi connectivity index (χ1v) is 9.16. The number of halogens is 3. The molecule has 1 aliphatic rings. The lowest BCUT2D eigenvalue weighted by atomic mass is 10.1. The van der Waals surface area contributed by atoms with Gasteiger partial charge in [0.1, 0.15) is 0 Å². The van der Waals surface area contributed by atoms with Crippen LogP contribution in [0.5, 0.6) is 0 Å². The van der Waals surface area contributed by atoms with Gasteiger partial charge in [0.25, 0.3) is 5.69 Å². The smallest absolute Gasteiger partial charge is 0.369 e. The van der Waals surface area contributed by atoms with Crippen LogP contribution in [0.25, 0.3) is 0 Å². The van der Waals surface area contributed by atoms with Crippen molar-refractivity contribution in [2.75, 3.05) is 37.6 Å². The zero-order valence-corrected chi connectivity index (χ0v) is 15.6. The van der Waals surface area contributed by atoms with E-state index in [9.17, 15) is 28.1 Å². The van der Waals surface area contributed by atoms with Gasteiger partial charge in [-0.05, 0) is 24.3 Å². The Morgan fingerprint density at radius 1 is 0.966 bits per heavy atom. The maximum atomic E-state index is 12.6. The molecule has 0 unspecified atom stereocenters. The summed E-state index contributed by atoms with van der Waals surface area (Å²) in [5.41, 5.74) is 0.476. The second kappa shape index (κ2) is 8.60. The number of rotatable bonds is 6. The molecule has 1 aliphatic heterocycles. The van der Waals surface area contributed by atoms with Crippen molar-refractivity contribution in [2.45, 2.75) is 12.6 Å². The summed E-state index contributed by atoms with van der Waals surface area (Å²) < 4.78 is 37.8. The van der Waals surface area contributed by atoms with Gasteiger partial charge in [-0.1, -0.05) is 12.1 Å². The Labute approximate surface area is 165 Å².